The number of ketones is 1. The van der Waals surface area contributed by atoms with Crippen LogP contribution in [0.15, 0.2) is 0 Å². The lowest BCUT2D eigenvalue weighted by Gasteiger charge is -2.33. The van der Waals surface area contributed by atoms with Gasteiger partial charge in [0.05, 0.1) is 6.04 Å². The largest absolute Gasteiger partial charge is 0.444 e. The highest BCUT2D eigenvalue weighted by Gasteiger charge is 2.28. The van der Waals surface area contributed by atoms with Gasteiger partial charge in [0.25, 0.3) is 0 Å². The number of rotatable bonds is 1. The van der Waals surface area contributed by atoms with E-state index in [-0.39, 0.29) is 17.9 Å². The number of piperazine rings is 1. The van der Waals surface area contributed by atoms with Crippen molar-refractivity contribution in [2.45, 2.75) is 39.3 Å². The van der Waals surface area contributed by atoms with Gasteiger partial charge in [0.15, 0.2) is 0 Å². The van der Waals surface area contributed by atoms with Gasteiger partial charge in [-0.25, -0.2) is 4.79 Å². The highest BCUT2D eigenvalue weighted by Crippen LogP contribution is 2.11. The zero-order chi connectivity index (χ0) is 12.3. The Morgan fingerprint density at radius 3 is 2.50 bits per heavy atom. The van der Waals surface area contributed by atoms with E-state index in [1.54, 1.807) is 4.90 Å². The minimum atomic E-state index is -0.492. The molecule has 1 atom stereocenters. The minimum Gasteiger partial charge on any atom is -0.444 e. The first kappa shape index (κ1) is 13.0. The Hall–Kier alpha value is -1.10. The van der Waals surface area contributed by atoms with Crippen LogP contribution >= 0.6 is 0 Å². The third-order valence-electron chi connectivity index (χ3n) is 2.32. The molecular formula is C11H20N2O3. The third-order valence-corrected chi connectivity index (χ3v) is 2.32. The van der Waals surface area contributed by atoms with Crippen LogP contribution in [-0.2, 0) is 9.53 Å². The second-order valence-electron chi connectivity index (χ2n) is 5.04. The van der Waals surface area contributed by atoms with Gasteiger partial charge in [-0.1, -0.05) is 0 Å². The average Bonchev–Trinajstić information content (AvgIpc) is 2.15. The number of nitrogens with zero attached hydrogens (tertiary/aromatic N) is 1. The molecule has 0 aliphatic carbocycles. The van der Waals surface area contributed by atoms with Crippen molar-refractivity contribution in [3.8, 4) is 0 Å². The molecule has 0 bridgehead atoms. The fraction of sp³-hybridized carbons (Fsp3) is 0.818. The van der Waals surface area contributed by atoms with Crippen molar-refractivity contribution in [2.75, 3.05) is 19.6 Å². The summed E-state index contributed by atoms with van der Waals surface area (Å²) in [6.45, 7) is 8.61. The van der Waals surface area contributed by atoms with Gasteiger partial charge in [0, 0.05) is 19.6 Å². The maximum absolute atomic E-state index is 11.7. The topological polar surface area (TPSA) is 58.6 Å². The molecule has 0 aromatic rings. The van der Waals surface area contributed by atoms with Crippen molar-refractivity contribution in [3.05, 3.63) is 0 Å². The standard InChI is InChI=1S/C11H20N2O3/c1-8(14)9-7-13(6-5-12-9)10(15)16-11(2,3)4/h9,12H,5-7H2,1-4H3. The molecule has 1 aliphatic heterocycles. The lowest BCUT2D eigenvalue weighted by Crippen LogP contribution is -2.55. The Kier molecular flexibility index (Phi) is 3.91. The summed E-state index contributed by atoms with van der Waals surface area (Å²) in [7, 11) is 0. The molecule has 0 saturated carbocycles. The van der Waals surface area contributed by atoms with Crippen LogP contribution in [0.4, 0.5) is 4.79 Å². The van der Waals surface area contributed by atoms with Crippen molar-refractivity contribution in [1.82, 2.24) is 10.2 Å². The summed E-state index contributed by atoms with van der Waals surface area (Å²) in [5.41, 5.74) is -0.492. The lowest BCUT2D eigenvalue weighted by atomic mass is 10.1. The third kappa shape index (κ3) is 3.81. The van der Waals surface area contributed by atoms with Gasteiger partial charge in [-0.05, 0) is 27.7 Å². The average molecular weight is 228 g/mol. The monoisotopic (exact) mass is 228 g/mol. The molecule has 0 radical (unpaired) electrons. The lowest BCUT2D eigenvalue weighted by molar-refractivity contribution is -0.119. The van der Waals surface area contributed by atoms with E-state index in [0.717, 1.165) is 0 Å². The molecule has 1 aliphatic rings. The summed E-state index contributed by atoms with van der Waals surface area (Å²) in [5, 5.41) is 3.07. The van der Waals surface area contributed by atoms with Gasteiger partial charge in [-0.2, -0.15) is 0 Å². The number of hydrogen-bond acceptors (Lipinski definition) is 4. The summed E-state index contributed by atoms with van der Waals surface area (Å²) in [6, 6.07) is -0.263. The van der Waals surface area contributed by atoms with Gasteiger partial charge in [-0.3, -0.25) is 4.79 Å². The molecule has 16 heavy (non-hydrogen) atoms. The van der Waals surface area contributed by atoms with Crippen molar-refractivity contribution in [2.24, 2.45) is 0 Å². The van der Waals surface area contributed by atoms with E-state index in [4.69, 9.17) is 4.74 Å². The Balaban J connectivity index is 2.54. The molecule has 0 aromatic carbocycles. The van der Waals surface area contributed by atoms with Crippen LogP contribution in [0, 0.1) is 0 Å². The number of carbonyl (C=O) groups is 2. The normalized spacial score (nSPS) is 21.8. The SMILES string of the molecule is CC(=O)C1CN(C(=O)OC(C)(C)C)CCN1. The molecule has 1 saturated heterocycles. The van der Waals surface area contributed by atoms with Crippen LogP contribution in [0.5, 0.6) is 0 Å². The Bertz CT molecular complexity index is 283. The summed E-state index contributed by atoms with van der Waals surface area (Å²) < 4.78 is 5.25. The van der Waals surface area contributed by atoms with E-state index in [1.165, 1.54) is 6.92 Å². The summed E-state index contributed by atoms with van der Waals surface area (Å²) in [4.78, 5) is 24.5. The molecule has 1 heterocycles. The number of hydrogen-bond donors (Lipinski definition) is 1. The minimum absolute atomic E-state index is 0.0493. The summed E-state index contributed by atoms with van der Waals surface area (Å²) in [6.07, 6.45) is -0.347. The van der Waals surface area contributed by atoms with Gasteiger partial charge >= 0.3 is 6.09 Å². The van der Waals surface area contributed by atoms with Crippen LogP contribution in [0.3, 0.4) is 0 Å². The van der Waals surface area contributed by atoms with Crippen molar-refractivity contribution in [3.63, 3.8) is 0 Å². The Morgan fingerprint density at radius 1 is 1.38 bits per heavy atom. The number of Topliss-reactive ketones (excluding diaryl/α,β-unsaturated/α-hetero) is 1. The van der Waals surface area contributed by atoms with Crippen molar-refractivity contribution < 1.29 is 14.3 Å². The van der Waals surface area contributed by atoms with Gasteiger partial charge in [0.1, 0.15) is 11.4 Å². The zero-order valence-electron chi connectivity index (χ0n) is 10.4. The first-order valence-electron chi connectivity index (χ1n) is 5.51. The molecule has 1 unspecified atom stereocenters. The summed E-state index contributed by atoms with van der Waals surface area (Å²) >= 11 is 0. The molecule has 0 aromatic heterocycles. The number of nitrogens with one attached hydrogen (secondary N) is 1. The highest BCUT2D eigenvalue weighted by atomic mass is 16.6. The number of ether oxygens (including phenoxy) is 1. The smallest absolute Gasteiger partial charge is 0.410 e. The van der Waals surface area contributed by atoms with Crippen molar-refractivity contribution >= 4 is 11.9 Å². The molecule has 1 fully saturated rings. The predicted molar refractivity (Wildman–Crippen MR) is 60.3 cm³/mol. The molecule has 5 heteroatoms. The zero-order valence-corrected chi connectivity index (χ0v) is 10.4. The second kappa shape index (κ2) is 4.82. The highest BCUT2D eigenvalue weighted by molar-refractivity contribution is 5.82. The van der Waals surface area contributed by atoms with Crippen LogP contribution in [0.2, 0.25) is 0 Å². The van der Waals surface area contributed by atoms with Gasteiger partial charge in [0.2, 0.25) is 0 Å². The van der Waals surface area contributed by atoms with E-state index >= 15 is 0 Å². The molecular weight excluding hydrogens is 208 g/mol. The van der Waals surface area contributed by atoms with Crippen LogP contribution in [-0.4, -0.2) is 48.1 Å². The Morgan fingerprint density at radius 2 is 2.00 bits per heavy atom. The second-order valence-corrected chi connectivity index (χ2v) is 5.04. The number of amides is 1. The van der Waals surface area contributed by atoms with E-state index in [9.17, 15) is 9.59 Å². The molecule has 5 nitrogen and oxygen atoms in total. The van der Waals surface area contributed by atoms with Crippen molar-refractivity contribution in [1.29, 1.82) is 0 Å². The molecule has 1 amide bonds. The predicted octanol–water partition coefficient (Wildman–Crippen LogP) is 0.784. The van der Waals surface area contributed by atoms with E-state index in [1.807, 2.05) is 20.8 Å². The fourth-order valence-electron chi connectivity index (χ4n) is 1.51. The molecule has 1 rings (SSSR count). The Labute approximate surface area is 96.1 Å². The number of carbonyl (C=O) groups excluding carboxylic acids is 2. The maximum Gasteiger partial charge on any atom is 0.410 e. The van der Waals surface area contributed by atoms with Crippen LogP contribution < -0.4 is 5.32 Å². The maximum atomic E-state index is 11.7. The van der Waals surface area contributed by atoms with Gasteiger partial charge in [-0.15, -0.1) is 0 Å². The summed E-state index contributed by atoms with van der Waals surface area (Å²) in [5.74, 6) is 0.0493. The molecule has 92 valence electrons. The fourth-order valence-corrected chi connectivity index (χ4v) is 1.51. The van der Waals surface area contributed by atoms with Crippen LogP contribution in [0.25, 0.3) is 0 Å². The van der Waals surface area contributed by atoms with E-state index in [0.29, 0.717) is 19.6 Å². The molecule has 1 N–H and O–H groups in total. The van der Waals surface area contributed by atoms with Crippen LogP contribution in [0.1, 0.15) is 27.7 Å². The van der Waals surface area contributed by atoms with Gasteiger partial charge < -0.3 is 15.0 Å². The van der Waals surface area contributed by atoms with E-state index in [2.05, 4.69) is 5.32 Å². The molecule has 0 spiro atoms. The first-order chi connectivity index (χ1) is 7.29. The quantitative estimate of drug-likeness (QED) is 0.720. The first-order valence-corrected chi connectivity index (χ1v) is 5.51. The van der Waals surface area contributed by atoms with E-state index < -0.39 is 5.60 Å².